The monoisotopic (exact) mass is 292 g/mol. The number of aromatic nitrogens is 2. The molecule has 2 rings (SSSR count). The van der Waals surface area contributed by atoms with Gasteiger partial charge < -0.3 is 15.6 Å². The van der Waals surface area contributed by atoms with E-state index in [9.17, 15) is 0 Å². The van der Waals surface area contributed by atoms with Crippen LogP contribution in [0.5, 0.6) is 0 Å². The van der Waals surface area contributed by atoms with Gasteiger partial charge in [-0.3, -0.25) is 0 Å². The van der Waals surface area contributed by atoms with E-state index in [0.29, 0.717) is 11.9 Å². The van der Waals surface area contributed by atoms with Gasteiger partial charge in [-0.05, 0) is 39.3 Å². The van der Waals surface area contributed by atoms with Crippen LogP contribution >= 0.6 is 0 Å². The first-order chi connectivity index (χ1) is 10.2. The second-order valence-corrected chi connectivity index (χ2v) is 5.86. The number of nitrogen functional groups attached to an aromatic ring is 1. The van der Waals surface area contributed by atoms with Crippen molar-refractivity contribution in [2.24, 2.45) is 5.84 Å². The number of nitrogens with one attached hydrogen (secondary N) is 2. The fourth-order valence-electron chi connectivity index (χ4n) is 2.81. The van der Waals surface area contributed by atoms with Gasteiger partial charge in [0.15, 0.2) is 0 Å². The van der Waals surface area contributed by atoms with Crippen LogP contribution in [0.3, 0.4) is 0 Å². The van der Waals surface area contributed by atoms with Crippen LogP contribution in [0.15, 0.2) is 6.07 Å². The largest absolute Gasteiger partial charge is 0.366 e. The summed E-state index contributed by atoms with van der Waals surface area (Å²) in [6, 6.07) is 2.23. The van der Waals surface area contributed by atoms with E-state index in [2.05, 4.69) is 39.5 Å². The molecule has 0 saturated carbocycles. The maximum Gasteiger partial charge on any atom is 0.145 e. The number of hydrogen-bond donors (Lipinski definition) is 3. The molecule has 0 aromatic carbocycles. The topological polar surface area (TPSA) is 79.1 Å². The Morgan fingerprint density at radius 3 is 2.62 bits per heavy atom. The minimum Gasteiger partial charge on any atom is -0.366 e. The summed E-state index contributed by atoms with van der Waals surface area (Å²) >= 11 is 0. The van der Waals surface area contributed by atoms with Crippen molar-refractivity contribution in [3.05, 3.63) is 11.9 Å². The van der Waals surface area contributed by atoms with Crippen LogP contribution in [0.4, 0.5) is 11.6 Å². The first kappa shape index (κ1) is 16.0. The van der Waals surface area contributed by atoms with Gasteiger partial charge in [-0.1, -0.05) is 13.3 Å². The molecule has 1 aromatic heterocycles. The zero-order valence-corrected chi connectivity index (χ0v) is 13.2. The lowest BCUT2D eigenvalue weighted by molar-refractivity contribution is 0.223. The van der Waals surface area contributed by atoms with Crippen molar-refractivity contribution in [3.8, 4) is 0 Å². The molecule has 0 aliphatic carbocycles. The summed E-state index contributed by atoms with van der Waals surface area (Å²) in [6.07, 6.45) is 5.90. The number of hydrogen-bond acceptors (Lipinski definition) is 6. The van der Waals surface area contributed by atoms with Crippen LogP contribution in [0, 0.1) is 0 Å². The van der Waals surface area contributed by atoms with Gasteiger partial charge in [-0.25, -0.2) is 15.8 Å². The number of piperidine rings is 1. The van der Waals surface area contributed by atoms with E-state index in [0.717, 1.165) is 31.0 Å². The quantitative estimate of drug-likeness (QED) is 0.527. The molecule has 1 aromatic rings. The molecule has 1 atom stereocenters. The van der Waals surface area contributed by atoms with E-state index in [1.54, 1.807) is 0 Å². The number of aryl methyl sites for hydroxylation is 1. The molecule has 1 unspecified atom stereocenters. The summed E-state index contributed by atoms with van der Waals surface area (Å²) < 4.78 is 0. The third-order valence-electron chi connectivity index (χ3n) is 3.77. The molecule has 6 nitrogen and oxygen atoms in total. The summed E-state index contributed by atoms with van der Waals surface area (Å²) in [5.41, 5.74) is 2.62. The van der Waals surface area contributed by atoms with Gasteiger partial charge in [0.2, 0.25) is 0 Å². The summed E-state index contributed by atoms with van der Waals surface area (Å²) in [7, 11) is 0. The van der Waals surface area contributed by atoms with Crippen molar-refractivity contribution >= 4 is 11.6 Å². The summed E-state index contributed by atoms with van der Waals surface area (Å²) in [5.74, 6) is 7.84. The first-order valence-corrected chi connectivity index (χ1v) is 8.04. The molecule has 4 N–H and O–H groups in total. The van der Waals surface area contributed by atoms with Crippen LogP contribution in [0.1, 0.15) is 45.4 Å². The third-order valence-corrected chi connectivity index (χ3v) is 3.77. The zero-order valence-electron chi connectivity index (χ0n) is 13.2. The van der Waals surface area contributed by atoms with Gasteiger partial charge in [0.25, 0.3) is 0 Å². The van der Waals surface area contributed by atoms with Crippen LogP contribution in [0.25, 0.3) is 0 Å². The second kappa shape index (κ2) is 8.14. The Morgan fingerprint density at radius 1 is 1.24 bits per heavy atom. The van der Waals surface area contributed by atoms with E-state index in [-0.39, 0.29) is 0 Å². The van der Waals surface area contributed by atoms with Gasteiger partial charge >= 0.3 is 0 Å². The molecule has 21 heavy (non-hydrogen) atoms. The highest BCUT2D eigenvalue weighted by atomic mass is 15.3. The second-order valence-electron chi connectivity index (χ2n) is 5.86. The smallest absolute Gasteiger partial charge is 0.145 e. The number of rotatable bonds is 7. The van der Waals surface area contributed by atoms with E-state index >= 15 is 0 Å². The molecule has 0 radical (unpaired) electrons. The molecular formula is C15H28N6. The number of nitrogens with two attached hydrogens (primary N) is 1. The Hall–Kier alpha value is -1.40. The fourth-order valence-corrected chi connectivity index (χ4v) is 2.81. The number of hydrazine groups is 1. The van der Waals surface area contributed by atoms with Crippen LogP contribution in [-0.4, -0.2) is 40.5 Å². The molecule has 1 saturated heterocycles. The summed E-state index contributed by atoms with van der Waals surface area (Å²) in [4.78, 5) is 11.5. The fraction of sp³-hybridized carbons (Fsp3) is 0.733. The van der Waals surface area contributed by atoms with E-state index in [1.807, 2.05) is 6.07 Å². The van der Waals surface area contributed by atoms with Crippen molar-refractivity contribution in [3.63, 3.8) is 0 Å². The molecule has 2 heterocycles. The van der Waals surface area contributed by atoms with Crippen LogP contribution < -0.4 is 16.6 Å². The zero-order chi connectivity index (χ0) is 15.1. The minimum atomic E-state index is 0.359. The van der Waals surface area contributed by atoms with Crippen molar-refractivity contribution in [2.75, 3.05) is 30.4 Å². The SMILES string of the molecule is CCCc1nc(NN)cc(NC(C)CN2CCCCC2)n1. The molecule has 1 fully saturated rings. The molecule has 0 spiro atoms. The Morgan fingerprint density at radius 2 is 1.95 bits per heavy atom. The lowest BCUT2D eigenvalue weighted by Gasteiger charge is -2.29. The average Bonchev–Trinajstić information content (AvgIpc) is 2.48. The normalized spacial score (nSPS) is 17.5. The highest BCUT2D eigenvalue weighted by Gasteiger charge is 2.14. The number of nitrogens with zero attached hydrogens (tertiary/aromatic N) is 3. The average molecular weight is 292 g/mol. The van der Waals surface area contributed by atoms with Gasteiger partial charge in [0, 0.05) is 25.1 Å². The standard InChI is InChI=1S/C15H28N6/c1-3-7-13-18-14(10-15(19-13)20-16)17-12(2)11-21-8-5-4-6-9-21/h10,12H,3-9,11,16H2,1-2H3,(H2,17,18,19,20). The Labute approximate surface area is 127 Å². The number of likely N-dealkylation sites (tertiary alicyclic amines) is 1. The minimum absolute atomic E-state index is 0.359. The van der Waals surface area contributed by atoms with Gasteiger partial charge in [0.1, 0.15) is 17.5 Å². The summed E-state index contributed by atoms with van der Waals surface area (Å²) in [5, 5.41) is 3.47. The highest BCUT2D eigenvalue weighted by Crippen LogP contribution is 2.14. The van der Waals surface area contributed by atoms with E-state index in [1.165, 1.54) is 32.4 Å². The van der Waals surface area contributed by atoms with Crippen molar-refractivity contribution in [1.29, 1.82) is 0 Å². The molecular weight excluding hydrogens is 264 g/mol. The Kier molecular flexibility index (Phi) is 6.20. The maximum atomic E-state index is 5.49. The predicted molar refractivity (Wildman–Crippen MR) is 87.2 cm³/mol. The summed E-state index contributed by atoms with van der Waals surface area (Å²) in [6.45, 7) is 7.81. The van der Waals surface area contributed by atoms with E-state index in [4.69, 9.17) is 5.84 Å². The molecule has 1 aliphatic rings. The predicted octanol–water partition coefficient (Wildman–Crippen LogP) is 2.00. The van der Waals surface area contributed by atoms with E-state index < -0.39 is 0 Å². The lowest BCUT2D eigenvalue weighted by atomic mass is 10.1. The van der Waals surface area contributed by atoms with Gasteiger partial charge in [0.05, 0.1) is 0 Å². The molecule has 118 valence electrons. The molecule has 1 aliphatic heterocycles. The van der Waals surface area contributed by atoms with Crippen molar-refractivity contribution in [1.82, 2.24) is 14.9 Å². The maximum absolute atomic E-state index is 5.49. The lowest BCUT2D eigenvalue weighted by Crippen LogP contribution is -2.38. The third kappa shape index (κ3) is 5.13. The van der Waals surface area contributed by atoms with Crippen LogP contribution in [0.2, 0.25) is 0 Å². The van der Waals surface area contributed by atoms with Crippen molar-refractivity contribution in [2.45, 2.75) is 52.0 Å². The molecule has 6 heteroatoms. The van der Waals surface area contributed by atoms with Gasteiger partial charge in [-0.2, -0.15) is 0 Å². The molecule has 0 bridgehead atoms. The van der Waals surface area contributed by atoms with Crippen LogP contribution in [-0.2, 0) is 6.42 Å². The van der Waals surface area contributed by atoms with Gasteiger partial charge in [-0.15, -0.1) is 0 Å². The van der Waals surface area contributed by atoms with Crippen molar-refractivity contribution < 1.29 is 0 Å². The molecule has 0 amide bonds. The first-order valence-electron chi connectivity index (χ1n) is 8.04. The Balaban J connectivity index is 1.95. The number of anilines is 2. The Bertz CT molecular complexity index is 430. The highest BCUT2D eigenvalue weighted by molar-refractivity contribution is 5.47.